The molecule has 3 aromatic carbocycles. The van der Waals surface area contributed by atoms with E-state index < -0.39 is 10.0 Å². The van der Waals surface area contributed by atoms with E-state index in [4.69, 9.17) is 0 Å². The number of urea groups is 1. The van der Waals surface area contributed by atoms with Crippen LogP contribution in [-0.4, -0.2) is 32.4 Å². The third-order valence-electron chi connectivity index (χ3n) is 6.32. The number of carbonyl (C=O) groups excluding carboxylic acids is 1. The van der Waals surface area contributed by atoms with Crippen molar-refractivity contribution in [2.45, 2.75) is 51.5 Å². The summed E-state index contributed by atoms with van der Waals surface area (Å²) in [6.45, 7) is 9.79. The third kappa shape index (κ3) is 5.68. The van der Waals surface area contributed by atoms with Crippen LogP contribution in [0.3, 0.4) is 0 Å². The highest BCUT2D eigenvalue weighted by molar-refractivity contribution is 7.92. The van der Waals surface area contributed by atoms with Crippen LogP contribution < -0.4 is 9.62 Å². The van der Waals surface area contributed by atoms with Crippen molar-refractivity contribution >= 4 is 27.4 Å². The molecule has 0 radical (unpaired) electrons. The molecule has 0 bridgehead atoms. The monoisotopic (exact) mass is 491 g/mol. The summed E-state index contributed by atoms with van der Waals surface area (Å²) < 4.78 is 29.0. The number of nitrogens with one attached hydrogen (secondary N) is 1. The molecule has 0 saturated carbocycles. The van der Waals surface area contributed by atoms with Crippen LogP contribution in [0.2, 0.25) is 0 Å². The summed E-state index contributed by atoms with van der Waals surface area (Å²) >= 11 is 0. The number of nitrogens with zero attached hydrogens (tertiary/aromatic N) is 2. The molecule has 0 spiro atoms. The van der Waals surface area contributed by atoms with Crippen LogP contribution in [0.15, 0.2) is 71.6 Å². The number of hydrogen-bond donors (Lipinski definition) is 1. The number of rotatable bonds is 7. The van der Waals surface area contributed by atoms with E-state index in [-0.39, 0.29) is 10.9 Å². The van der Waals surface area contributed by atoms with E-state index in [0.29, 0.717) is 36.9 Å². The Balaban J connectivity index is 1.59. The third-order valence-corrected chi connectivity index (χ3v) is 7.68. The van der Waals surface area contributed by atoms with Gasteiger partial charge >= 0.3 is 6.03 Å². The fourth-order valence-corrected chi connectivity index (χ4v) is 5.50. The van der Waals surface area contributed by atoms with Gasteiger partial charge in [-0.3, -0.25) is 9.62 Å². The molecule has 35 heavy (non-hydrogen) atoms. The number of aryl methyl sites for hydroxylation is 2. The fraction of sp³-hybridized carbons (Fsp3) is 0.321. The highest BCUT2D eigenvalue weighted by atomic mass is 32.2. The molecule has 0 atom stereocenters. The Bertz CT molecular complexity index is 1320. The summed E-state index contributed by atoms with van der Waals surface area (Å²) in [4.78, 5) is 17.2. The minimum Gasteiger partial charge on any atom is -0.320 e. The second-order valence-electron chi connectivity index (χ2n) is 9.55. The van der Waals surface area contributed by atoms with Gasteiger partial charge in [-0.1, -0.05) is 56.3 Å². The van der Waals surface area contributed by atoms with Crippen LogP contribution in [0.5, 0.6) is 0 Å². The van der Waals surface area contributed by atoms with Gasteiger partial charge in [0, 0.05) is 19.6 Å². The second-order valence-corrected chi connectivity index (χ2v) is 11.2. The van der Waals surface area contributed by atoms with Gasteiger partial charge in [0.15, 0.2) is 0 Å². The summed E-state index contributed by atoms with van der Waals surface area (Å²) in [5, 5.41) is 0. The molecular weight excluding hydrogens is 458 g/mol. The van der Waals surface area contributed by atoms with E-state index in [9.17, 15) is 13.2 Å². The molecule has 1 heterocycles. The Morgan fingerprint density at radius 3 is 2.31 bits per heavy atom. The molecule has 0 unspecified atom stereocenters. The van der Waals surface area contributed by atoms with Crippen molar-refractivity contribution in [3.8, 4) is 0 Å². The molecule has 3 aromatic rings. The van der Waals surface area contributed by atoms with E-state index in [1.807, 2.05) is 36.9 Å². The molecule has 4 rings (SSSR count). The maximum atomic E-state index is 13.5. The Labute approximate surface area is 208 Å². The van der Waals surface area contributed by atoms with Gasteiger partial charge in [0.25, 0.3) is 10.0 Å². The molecule has 1 aliphatic rings. The van der Waals surface area contributed by atoms with Gasteiger partial charge in [-0.15, -0.1) is 0 Å². The highest BCUT2D eigenvalue weighted by Gasteiger charge is 2.29. The summed E-state index contributed by atoms with van der Waals surface area (Å²) in [6, 6.07) is 20.6. The largest absolute Gasteiger partial charge is 0.324 e. The molecule has 0 aliphatic carbocycles. The summed E-state index contributed by atoms with van der Waals surface area (Å²) in [5.41, 5.74) is 5.09. The maximum absolute atomic E-state index is 13.5. The average Bonchev–Trinajstić information content (AvgIpc) is 2.81. The summed E-state index contributed by atoms with van der Waals surface area (Å²) in [6.07, 6.45) is 0.799. The molecule has 184 valence electrons. The van der Waals surface area contributed by atoms with Gasteiger partial charge in [0.2, 0.25) is 0 Å². The van der Waals surface area contributed by atoms with Crippen LogP contribution in [0.1, 0.15) is 48.4 Å². The molecule has 1 fully saturated rings. The number of anilines is 2. The molecular formula is C28H33N3O3S. The number of sulfonamides is 1. The lowest BCUT2D eigenvalue weighted by Crippen LogP contribution is -2.49. The van der Waals surface area contributed by atoms with Crippen LogP contribution in [0.4, 0.5) is 16.2 Å². The molecule has 6 nitrogen and oxygen atoms in total. The van der Waals surface area contributed by atoms with Crippen molar-refractivity contribution in [2.75, 3.05) is 22.7 Å². The summed E-state index contributed by atoms with van der Waals surface area (Å²) in [5.74, 6) is 0.458. The first-order valence-corrected chi connectivity index (χ1v) is 13.5. The Hall–Kier alpha value is -3.32. The second kappa shape index (κ2) is 10.1. The standard InChI is InChI=1S/C28H33N3O3S/c1-20(2)24-12-10-23(11-13-24)19-30-15-6-16-31(28(30)32)27-14-9-22(4)18-26(27)29-35(33,34)25-8-5-7-21(3)17-25/h5,7-14,17-18,20,29H,6,15-16,19H2,1-4H3. The van der Waals surface area contributed by atoms with Crippen LogP contribution in [-0.2, 0) is 16.6 Å². The normalized spacial score (nSPS) is 14.5. The van der Waals surface area contributed by atoms with Gasteiger partial charge in [-0.05, 0) is 72.7 Å². The number of amides is 2. The van der Waals surface area contributed by atoms with Crippen LogP contribution >= 0.6 is 0 Å². The maximum Gasteiger partial charge on any atom is 0.324 e. The minimum atomic E-state index is -3.81. The van der Waals surface area contributed by atoms with E-state index in [0.717, 1.165) is 23.1 Å². The fourth-order valence-electron chi connectivity index (χ4n) is 4.33. The van der Waals surface area contributed by atoms with Crippen molar-refractivity contribution < 1.29 is 13.2 Å². The van der Waals surface area contributed by atoms with E-state index >= 15 is 0 Å². The van der Waals surface area contributed by atoms with Crippen molar-refractivity contribution in [1.29, 1.82) is 0 Å². The van der Waals surface area contributed by atoms with Crippen molar-refractivity contribution in [1.82, 2.24) is 4.90 Å². The number of carbonyl (C=O) groups is 1. The average molecular weight is 492 g/mol. The van der Waals surface area contributed by atoms with Gasteiger partial charge < -0.3 is 4.90 Å². The zero-order valence-corrected chi connectivity index (χ0v) is 21.6. The number of benzene rings is 3. The lowest BCUT2D eigenvalue weighted by Gasteiger charge is -2.36. The SMILES string of the molecule is Cc1cccc(S(=O)(=O)Nc2cc(C)ccc2N2CCCN(Cc3ccc(C(C)C)cc3)C2=O)c1. The topological polar surface area (TPSA) is 69.7 Å². The van der Waals surface area contributed by atoms with Crippen molar-refractivity contribution in [3.63, 3.8) is 0 Å². The van der Waals surface area contributed by atoms with Gasteiger partial charge in [-0.2, -0.15) is 0 Å². The molecule has 0 aromatic heterocycles. The lowest BCUT2D eigenvalue weighted by atomic mass is 10.0. The number of hydrogen-bond acceptors (Lipinski definition) is 3. The molecule has 2 amide bonds. The predicted molar refractivity (Wildman–Crippen MR) is 141 cm³/mol. The quantitative estimate of drug-likeness (QED) is 0.437. The first-order valence-electron chi connectivity index (χ1n) is 12.0. The molecule has 1 aliphatic heterocycles. The minimum absolute atomic E-state index is 0.121. The lowest BCUT2D eigenvalue weighted by molar-refractivity contribution is 0.192. The predicted octanol–water partition coefficient (Wildman–Crippen LogP) is 6.06. The molecule has 1 saturated heterocycles. The van der Waals surface area contributed by atoms with Crippen molar-refractivity contribution in [3.05, 3.63) is 89.0 Å². The smallest absolute Gasteiger partial charge is 0.320 e. The zero-order chi connectivity index (χ0) is 25.2. The Morgan fingerprint density at radius 2 is 1.63 bits per heavy atom. The van der Waals surface area contributed by atoms with Gasteiger partial charge in [0.05, 0.1) is 16.3 Å². The van der Waals surface area contributed by atoms with E-state index in [2.05, 4.69) is 42.8 Å². The Kier molecular flexibility index (Phi) is 7.17. The summed E-state index contributed by atoms with van der Waals surface area (Å²) in [7, 11) is -3.81. The van der Waals surface area contributed by atoms with Crippen LogP contribution in [0.25, 0.3) is 0 Å². The van der Waals surface area contributed by atoms with Gasteiger partial charge in [0.1, 0.15) is 0 Å². The molecule has 1 N–H and O–H groups in total. The van der Waals surface area contributed by atoms with Crippen molar-refractivity contribution in [2.24, 2.45) is 0 Å². The first-order chi connectivity index (χ1) is 16.6. The zero-order valence-electron chi connectivity index (χ0n) is 20.8. The Morgan fingerprint density at radius 1 is 0.914 bits per heavy atom. The first kappa shape index (κ1) is 24.8. The van der Waals surface area contributed by atoms with E-state index in [1.165, 1.54) is 5.56 Å². The molecule has 7 heteroatoms. The highest BCUT2D eigenvalue weighted by Crippen LogP contribution is 2.32. The van der Waals surface area contributed by atoms with Gasteiger partial charge in [-0.25, -0.2) is 13.2 Å². The van der Waals surface area contributed by atoms with E-state index in [1.54, 1.807) is 29.2 Å². The van der Waals surface area contributed by atoms with Crippen LogP contribution in [0, 0.1) is 13.8 Å².